The number of oxime groups is 1. The molecule has 0 fully saturated rings. The summed E-state index contributed by atoms with van der Waals surface area (Å²) in [5.74, 6) is 0.549. The van der Waals surface area contributed by atoms with Crippen molar-refractivity contribution >= 4 is 5.90 Å². The lowest BCUT2D eigenvalue weighted by molar-refractivity contribution is -0.274. The molecule has 1 aliphatic heterocycles. The maximum absolute atomic E-state index is 12.3. The van der Waals surface area contributed by atoms with Crippen LogP contribution in [0.2, 0.25) is 0 Å². The van der Waals surface area contributed by atoms with Crippen molar-refractivity contribution in [2.75, 3.05) is 0 Å². The Kier molecular flexibility index (Phi) is 5.06. The lowest BCUT2D eigenvalue weighted by Gasteiger charge is -2.11. The van der Waals surface area contributed by atoms with Crippen molar-refractivity contribution in [2.45, 2.75) is 25.8 Å². The molecule has 0 saturated carbocycles. The zero-order chi connectivity index (χ0) is 21.3. The largest absolute Gasteiger partial charge is 0.573 e. The number of ether oxygens (including phenoxy) is 2. The zero-order valence-corrected chi connectivity index (χ0v) is 16.1. The number of hydrogen-bond acceptors (Lipinski definition) is 6. The van der Waals surface area contributed by atoms with Gasteiger partial charge < -0.3 is 14.3 Å². The fourth-order valence-corrected chi connectivity index (χ4v) is 3.06. The van der Waals surface area contributed by atoms with Crippen LogP contribution in [-0.2, 0) is 11.9 Å². The number of nitrogens with zero attached hydrogens (tertiary/aromatic N) is 4. The second-order valence-corrected chi connectivity index (χ2v) is 6.68. The van der Waals surface area contributed by atoms with Crippen molar-refractivity contribution in [1.82, 2.24) is 14.8 Å². The highest BCUT2D eigenvalue weighted by Crippen LogP contribution is 2.31. The molecule has 3 heterocycles. The van der Waals surface area contributed by atoms with Crippen LogP contribution in [0.15, 0.2) is 53.8 Å². The van der Waals surface area contributed by atoms with Gasteiger partial charge in [0, 0.05) is 7.05 Å². The van der Waals surface area contributed by atoms with E-state index in [1.165, 1.54) is 24.3 Å². The summed E-state index contributed by atoms with van der Waals surface area (Å²) in [4.78, 5) is 9.74. The minimum atomic E-state index is -4.73. The van der Waals surface area contributed by atoms with Gasteiger partial charge in [0.25, 0.3) is 0 Å². The lowest BCUT2D eigenvalue weighted by Crippen LogP contribution is -2.17. The van der Waals surface area contributed by atoms with Gasteiger partial charge in [0.1, 0.15) is 11.5 Å². The molecule has 1 atom stereocenters. The summed E-state index contributed by atoms with van der Waals surface area (Å²) in [7, 11) is 1.85. The molecule has 4 rings (SSSR count). The van der Waals surface area contributed by atoms with Gasteiger partial charge in [0.05, 0.1) is 29.7 Å². The van der Waals surface area contributed by atoms with Crippen LogP contribution in [0.1, 0.15) is 23.8 Å². The van der Waals surface area contributed by atoms with Gasteiger partial charge in [-0.25, -0.2) is 0 Å². The smallest absolute Gasteiger partial charge is 0.438 e. The topological polar surface area (TPSA) is 70.8 Å². The van der Waals surface area contributed by atoms with Crippen LogP contribution < -0.4 is 9.47 Å². The van der Waals surface area contributed by atoms with Crippen molar-refractivity contribution in [1.29, 1.82) is 0 Å². The van der Waals surface area contributed by atoms with Gasteiger partial charge in [0.15, 0.2) is 6.10 Å². The number of pyridine rings is 1. The van der Waals surface area contributed by atoms with Crippen molar-refractivity contribution < 1.29 is 27.5 Å². The van der Waals surface area contributed by atoms with E-state index in [1.807, 2.05) is 26.1 Å². The van der Waals surface area contributed by atoms with E-state index in [2.05, 4.69) is 20.0 Å². The van der Waals surface area contributed by atoms with Crippen molar-refractivity contribution in [3.05, 3.63) is 59.9 Å². The van der Waals surface area contributed by atoms with Crippen molar-refractivity contribution in [2.24, 2.45) is 12.2 Å². The highest BCUT2D eigenvalue weighted by atomic mass is 19.4. The third kappa shape index (κ3) is 4.53. The second kappa shape index (κ2) is 7.69. The van der Waals surface area contributed by atoms with Crippen LogP contribution in [0.3, 0.4) is 0 Å². The number of alkyl halides is 3. The second-order valence-electron chi connectivity index (χ2n) is 6.68. The van der Waals surface area contributed by atoms with Crippen LogP contribution in [0, 0.1) is 6.92 Å². The summed E-state index contributed by atoms with van der Waals surface area (Å²) in [6, 6.07) is 11.0. The summed E-state index contributed by atoms with van der Waals surface area (Å²) < 4.78 is 48.1. The number of benzene rings is 1. The molecule has 0 radical (unpaired) electrons. The third-order valence-electron chi connectivity index (χ3n) is 4.36. The molecule has 0 spiro atoms. The maximum Gasteiger partial charge on any atom is 0.573 e. The average Bonchev–Trinajstić information content (AvgIpc) is 3.28. The molecule has 0 saturated heterocycles. The van der Waals surface area contributed by atoms with Gasteiger partial charge >= 0.3 is 6.36 Å². The van der Waals surface area contributed by atoms with E-state index in [4.69, 9.17) is 9.57 Å². The Labute approximate surface area is 169 Å². The molecule has 10 heteroatoms. The summed E-state index contributed by atoms with van der Waals surface area (Å²) in [6.45, 7) is 1.91. The van der Waals surface area contributed by atoms with Gasteiger partial charge in [-0.2, -0.15) is 5.10 Å². The van der Waals surface area contributed by atoms with Crippen LogP contribution in [0.25, 0.3) is 11.4 Å². The predicted octanol–water partition coefficient (Wildman–Crippen LogP) is 4.54. The molecule has 2 aromatic heterocycles. The van der Waals surface area contributed by atoms with E-state index in [1.54, 1.807) is 16.9 Å². The maximum atomic E-state index is 12.3. The minimum Gasteiger partial charge on any atom is -0.438 e. The van der Waals surface area contributed by atoms with Gasteiger partial charge in [-0.3, -0.25) is 9.67 Å². The Morgan fingerprint density at radius 2 is 1.83 bits per heavy atom. The molecule has 0 aliphatic carbocycles. The molecule has 1 aliphatic rings. The Balaban J connectivity index is 1.36. The molecule has 30 heavy (non-hydrogen) atoms. The first kappa shape index (κ1) is 19.7. The number of halogens is 3. The summed E-state index contributed by atoms with van der Waals surface area (Å²) in [5, 5.41) is 8.21. The normalized spacial score (nSPS) is 16.2. The fourth-order valence-electron chi connectivity index (χ4n) is 3.06. The fraction of sp³-hybridized carbons (Fsp3) is 0.250. The number of aryl methyl sites for hydroxylation is 2. The van der Waals surface area contributed by atoms with E-state index in [0.717, 1.165) is 17.1 Å². The van der Waals surface area contributed by atoms with Crippen LogP contribution >= 0.6 is 0 Å². The average molecular weight is 418 g/mol. The zero-order valence-electron chi connectivity index (χ0n) is 16.1. The van der Waals surface area contributed by atoms with E-state index < -0.39 is 12.5 Å². The first-order valence-electron chi connectivity index (χ1n) is 9.00. The molecule has 0 bridgehead atoms. The molecule has 0 amide bonds. The van der Waals surface area contributed by atoms with E-state index >= 15 is 0 Å². The summed E-state index contributed by atoms with van der Waals surface area (Å²) in [5.41, 5.74) is 3.20. The van der Waals surface area contributed by atoms with Crippen molar-refractivity contribution in [3.63, 3.8) is 0 Å². The third-order valence-corrected chi connectivity index (χ3v) is 4.36. The SMILES string of the molecule is Cc1cc(-c2ccc(OC3=NO[C@H](c4ccc(OC(F)(F)F)cc4)C3)cn2)n(C)n1. The van der Waals surface area contributed by atoms with Gasteiger partial charge in [-0.15, -0.1) is 13.2 Å². The molecule has 156 valence electrons. The van der Waals surface area contributed by atoms with E-state index in [9.17, 15) is 13.2 Å². The standard InChI is InChI=1S/C20H17F3N4O3/c1-12-9-17(27(2)25-12)16-8-7-15(11-24-16)28-19-10-18(30-26-19)13-3-5-14(6-4-13)29-20(21,22)23/h3-9,11,18H,10H2,1-2H3/t18-/m0/s1. The monoisotopic (exact) mass is 418 g/mol. The molecular weight excluding hydrogens is 401 g/mol. The number of rotatable bonds is 4. The molecular formula is C20H17F3N4O3. The molecule has 7 nitrogen and oxygen atoms in total. The van der Waals surface area contributed by atoms with E-state index in [-0.39, 0.29) is 5.75 Å². The highest BCUT2D eigenvalue weighted by Gasteiger charge is 2.31. The summed E-state index contributed by atoms with van der Waals surface area (Å²) in [6.07, 6.45) is -3.27. The molecule has 0 N–H and O–H groups in total. The van der Waals surface area contributed by atoms with Gasteiger partial charge in [-0.1, -0.05) is 17.3 Å². The van der Waals surface area contributed by atoms with Crippen LogP contribution in [0.5, 0.6) is 11.5 Å². The van der Waals surface area contributed by atoms with Gasteiger partial charge in [0.2, 0.25) is 5.90 Å². The number of hydrogen-bond donors (Lipinski definition) is 0. The Bertz CT molecular complexity index is 1060. The molecule has 1 aromatic carbocycles. The van der Waals surface area contributed by atoms with Crippen LogP contribution in [0.4, 0.5) is 13.2 Å². The highest BCUT2D eigenvalue weighted by molar-refractivity contribution is 5.79. The molecule has 3 aromatic rings. The van der Waals surface area contributed by atoms with E-state index in [0.29, 0.717) is 23.6 Å². The molecule has 0 unspecified atom stereocenters. The lowest BCUT2D eigenvalue weighted by atomic mass is 10.1. The predicted molar refractivity (Wildman–Crippen MR) is 101 cm³/mol. The first-order valence-corrected chi connectivity index (χ1v) is 9.00. The van der Waals surface area contributed by atoms with Crippen LogP contribution in [-0.4, -0.2) is 27.0 Å². The Hall–Kier alpha value is -3.56. The Morgan fingerprint density at radius 1 is 1.10 bits per heavy atom. The minimum absolute atomic E-state index is 0.295. The number of aromatic nitrogens is 3. The summed E-state index contributed by atoms with van der Waals surface area (Å²) >= 11 is 0. The first-order chi connectivity index (χ1) is 14.3. The van der Waals surface area contributed by atoms with Gasteiger partial charge in [-0.05, 0) is 42.8 Å². The quantitative estimate of drug-likeness (QED) is 0.622. The Morgan fingerprint density at radius 3 is 2.43 bits per heavy atom. The van der Waals surface area contributed by atoms with Crippen molar-refractivity contribution in [3.8, 4) is 22.9 Å².